The molecule has 0 amide bonds. The van der Waals surface area contributed by atoms with E-state index in [4.69, 9.17) is 0 Å². The van der Waals surface area contributed by atoms with Gasteiger partial charge in [-0.25, -0.2) is 0 Å². The van der Waals surface area contributed by atoms with Crippen LogP contribution in [0, 0.1) is 0 Å². The van der Waals surface area contributed by atoms with Gasteiger partial charge in [-0.15, -0.1) is 0 Å². The van der Waals surface area contributed by atoms with Gasteiger partial charge in [0.1, 0.15) is 0 Å². The fourth-order valence-electron chi connectivity index (χ4n) is 11.0. The van der Waals surface area contributed by atoms with E-state index in [9.17, 15) is 0 Å². The lowest BCUT2D eigenvalue weighted by molar-refractivity contribution is 0.660. The summed E-state index contributed by atoms with van der Waals surface area (Å²) in [7, 11) is -1.09. The summed E-state index contributed by atoms with van der Waals surface area (Å²) in [5.41, 5.74) is 15.1. The third-order valence-electron chi connectivity index (χ3n) is 14.5. The van der Waals surface area contributed by atoms with E-state index in [1.807, 2.05) is 0 Å². The van der Waals surface area contributed by atoms with E-state index in [1.165, 1.54) is 119 Å². The molecule has 0 spiro atoms. The van der Waals surface area contributed by atoms with Gasteiger partial charge in [0.05, 0.1) is 0 Å². The van der Waals surface area contributed by atoms with Gasteiger partial charge in [-0.05, 0) is 123 Å². The third kappa shape index (κ3) is 7.23. The Morgan fingerprint density at radius 1 is 0.290 bits per heavy atom. The van der Waals surface area contributed by atoms with E-state index in [0.717, 1.165) is 0 Å². The molecular weight excluding hydrogens is 867 g/mol. The normalized spacial score (nSPS) is 13.6. The molecule has 0 fully saturated rings. The van der Waals surface area contributed by atoms with E-state index < -0.39 is 15.1 Å². The van der Waals surface area contributed by atoms with Crippen molar-refractivity contribution in [3.05, 3.63) is 264 Å². The fraction of sp³-hybridized carbons (Fsp3) is 0.0448. The van der Waals surface area contributed by atoms with Crippen LogP contribution in [-0.2, 0) is 5.41 Å². The van der Waals surface area contributed by atoms with Crippen molar-refractivity contribution in [1.29, 1.82) is 0 Å². The molecule has 2 atom stereocenters. The van der Waals surface area contributed by atoms with Crippen LogP contribution in [0.3, 0.4) is 0 Å². The Kier molecular flexibility index (Phi) is 10.1. The van der Waals surface area contributed by atoms with Crippen LogP contribution >= 0.6 is 15.1 Å². The Hall–Kier alpha value is -7.72. The molecule has 2 heterocycles. The van der Waals surface area contributed by atoms with Gasteiger partial charge in [0.25, 0.3) is 0 Å². The molecular formula is C67H48P2. The maximum Gasteiger partial charge on any atom is 0.0159 e. The van der Waals surface area contributed by atoms with E-state index in [-0.39, 0.29) is 5.41 Å². The molecule has 12 aromatic rings. The first-order chi connectivity index (χ1) is 33.9. The predicted molar refractivity (Wildman–Crippen MR) is 304 cm³/mol. The van der Waals surface area contributed by atoms with Crippen molar-refractivity contribution in [2.75, 3.05) is 0 Å². The maximum atomic E-state index is 2.41. The highest BCUT2D eigenvalue weighted by Crippen LogP contribution is 2.57. The lowest BCUT2D eigenvalue weighted by Gasteiger charge is -2.22. The highest BCUT2D eigenvalue weighted by Gasteiger charge is 2.35. The van der Waals surface area contributed by atoms with Gasteiger partial charge >= 0.3 is 0 Å². The van der Waals surface area contributed by atoms with Crippen molar-refractivity contribution in [1.82, 2.24) is 0 Å². The monoisotopic (exact) mass is 914 g/mol. The molecule has 1 aliphatic rings. The standard InChI is InChI=1S/C67H48P2/c1-67(2)61-41-47(23-21-45-25-31-49(32-26-45)51-35-39-65-59(43-51)57-17-9-11-19-63(57)68(65)53-13-5-3-6-14-53)29-37-55(61)56-38-30-48(42-62(56)67)24-22-46-27-33-50(34-28-46)52-36-40-66-60(44-52)58-18-10-12-20-64(58)69(66)54-15-7-4-8-16-54/h3-44H,1-2H3/b23-21+,24-22+. The van der Waals surface area contributed by atoms with Crippen LogP contribution in [0.4, 0.5) is 0 Å². The molecule has 2 unspecified atom stereocenters. The average molecular weight is 915 g/mol. The van der Waals surface area contributed by atoms with E-state index >= 15 is 0 Å². The first-order valence-electron chi connectivity index (χ1n) is 24.0. The highest BCUT2D eigenvalue weighted by atomic mass is 31.1. The highest BCUT2D eigenvalue weighted by molar-refractivity contribution is 7.68. The number of hydrogen-bond donors (Lipinski definition) is 0. The number of fused-ring (bicyclic) bond motifs is 9. The van der Waals surface area contributed by atoms with Crippen LogP contribution in [0.25, 0.3) is 110 Å². The molecule has 0 aliphatic heterocycles. The molecule has 10 aromatic carbocycles. The van der Waals surface area contributed by atoms with Crippen molar-refractivity contribution < 1.29 is 0 Å². The first kappa shape index (κ1) is 41.5. The van der Waals surface area contributed by atoms with Gasteiger partial charge < -0.3 is 0 Å². The molecule has 2 aromatic heterocycles. The molecule has 326 valence electrons. The maximum absolute atomic E-state index is 2.41. The zero-order valence-electron chi connectivity index (χ0n) is 38.6. The van der Waals surface area contributed by atoms with E-state index in [1.54, 1.807) is 0 Å². The van der Waals surface area contributed by atoms with Gasteiger partial charge in [0.15, 0.2) is 0 Å². The molecule has 13 rings (SSSR count). The van der Waals surface area contributed by atoms with Crippen molar-refractivity contribution in [2.45, 2.75) is 19.3 Å². The molecule has 2 heteroatoms. The minimum absolute atomic E-state index is 0.112. The van der Waals surface area contributed by atoms with Crippen LogP contribution < -0.4 is 0 Å². The SMILES string of the molecule is CC1(C)c2cc(/C=C/c3ccc(-c4ccc5c(c4)c4ccccc4p5-c4ccccc4)cc3)ccc2-c2ccc(/C=C/c3ccc(-c4ccc5c(c4)c4ccccc4p5-c4ccccc4)cc3)cc21. The van der Waals surface area contributed by atoms with Crippen molar-refractivity contribution >= 4 is 81.4 Å². The summed E-state index contributed by atoms with van der Waals surface area (Å²) in [6, 6.07) is 86.1. The summed E-state index contributed by atoms with van der Waals surface area (Å²) in [6.45, 7) is 4.74. The second-order valence-corrected chi connectivity index (χ2v) is 23.3. The molecule has 0 radical (unpaired) electrons. The van der Waals surface area contributed by atoms with Gasteiger partial charge in [0.2, 0.25) is 0 Å². The smallest absolute Gasteiger partial charge is 0.0159 e. The van der Waals surface area contributed by atoms with Crippen LogP contribution in [0.2, 0.25) is 0 Å². The minimum atomic E-state index is -0.547. The predicted octanol–water partition coefficient (Wildman–Crippen LogP) is 20.2. The molecule has 69 heavy (non-hydrogen) atoms. The quantitative estimate of drug-likeness (QED) is 0.133. The Balaban J connectivity index is 0.712. The number of benzene rings is 10. The van der Waals surface area contributed by atoms with Crippen molar-refractivity contribution in [3.63, 3.8) is 0 Å². The second-order valence-electron chi connectivity index (χ2n) is 19.0. The van der Waals surface area contributed by atoms with Crippen LogP contribution in [0.5, 0.6) is 0 Å². The number of hydrogen-bond acceptors (Lipinski definition) is 0. The summed E-state index contributed by atoms with van der Waals surface area (Å²) in [5, 5.41) is 14.1. The second kappa shape index (κ2) is 16.8. The van der Waals surface area contributed by atoms with Gasteiger partial charge in [0, 0.05) is 25.9 Å². The average Bonchev–Trinajstić information content (AvgIpc) is 4.00. The molecule has 0 N–H and O–H groups in total. The molecule has 1 aliphatic carbocycles. The van der Waals surface area contributed by atoms with Crippen LogP contribution in [0.1, 0.15) is 47.2 Å². The van der Waals surface area contributed by atoms with E-state index in [2.05, 4.69) is 269 Å². The lowest BCUT2D eigenvalue weighted by Crippen LogP contribution is -2.15. The Morgan fingerprint density at radius 2 is 0.638 bits per heavy atom. The molecule has 0 bridgehead atoms. The van der Waals surface area contributed by atoms with E-state index in [0.29, 0.717) is 0 Å². The topological polar surface area (TPSA) is 0 Å². The summed E-state index contributed by atoms with van der Waals surface area (Å²) in [4.78, 5) is 0. The first-order valence-corrected chi connectivity index (χ1v) is 26.7. The Labute approximate surface area is 406 Å². The van der Waals surface area contributed by atoms with Crippen molar-refractivity contribution in [3.8, 4) is 44.0 Å². The lowest BCUT2D eigenvalue weighted by atomic mass is 9.81. The van der Waals surface area contributed by atoms with Crippen LogP contribution in [-0.4, -0.2) is 0 Å². The summed E-state index contributed by atoms with van der Waals surface area (Å²) >= 11 is 0. The summed E-state index contributed by atoms with van der Waals surface area (Å²) in [6.07, 6.45) is 9.01. The summed E-state index contributed by atoms with van der Waals surface area (Å²) < 4.78 is 0. The minimum Gasteiger partial charge on any atom is -0.0772 e. The molecule has 0 nitrogen and oxygen atoms in total. The zero-order valence-corrected chi connectivity index (χ0v) is 40.4. The van der Waals surface area contributed by atoms with Gasteiger partial charge in [-0.3, -0.25) is 0 Å². The Morgan fingerprint density at radius 3 is 1.07 bits per heavy atom. The molecule has 0 saturated heterocycles. The third-order valence-corrected chi connectivity index (χ3v) is 19.6. The van der Waals surface area contributed by atoms with Crippen molar-refractivity contribution in [2.24, 2.45) is 0 Å². The number of rotatable bonds is 8. The largest absolute Gasteiger partial charge is 0.0772 e. The van der Waals surface area contributed by atoms with Gasteiger partial charge in [-0.1, -0.05) is 259 Å². The summed E-state index contributed by atoms with van der Waals surface area (Å²) in [5.74, 6) is 0. The van der Waals surface area contributed by atoms with Crippen LogP contribution in [0.15, 0.2) is 231 Å². The molecule has 0 saturated carbocycles. The van der Waals surface area contributed by atoms with Gasteiger partial charge in [-0.2, -0.15) is 0 Å². The Bertz CT molecular complexity index is 3730. The zero-order chi connectivity index (χ0) is 46.1. The fourth-order valence-corrected chi connectivity index (χ4v) is 16.2.